The second-order valence-electron chi connectivity index (χ2n) is 5.29. The summed E-state index contributed by atoms with van der Waals surface area (Å²) >= 11 is 8.27. The van der Waals surface area contributed by atoms with E-state index in [2.05, 4.69) is 24.1 Å². The average Bonchev–Trinajstić information content (AvgIpc) is 2.63. The molecule has 0 spiro atoms. The zero-order valence-electron chi connectivity index (χ0n) is 11.3. The number of hydrogen-bond acceptors (Lipinski definition) is 4. The monoisotopic (exact) mass is 310 g/mol. The van der Waals surface area contributed by atoms with Gasteiger partial charge in [0.2, 0.25) is 0 Å². The minimum atomic E-state index is -0.579. The maximum atomic E-state index is 11.7. The molecule has 106 valence electrons. The summed E-state index contributed by atoms with van der Waals surface area (Å²) in [5, 5.41) is 4.18. The number of benzene rings is 1. The SMILES string of the molecule is CC1CN(c2cc3c(cc2Cl)C(=O)C(=O)N3)CC(C)S1. The van der Waals surface area contributed by atoms with Gasteiger partial charge < -0.3 is 10.2 Å². The fourth-order valence-electron chi connectivity index (χ4n) is 2.77. The highest BCUT2D eigenvalue weighted by atomic mass is 35.5. The van der Waals surface area contributed by atoms with Gasteiger partial charge in [-0.05, 0) is 12.1 Å². The normalized spacial score (nSPS) is 25.6. The van der Waals surface area contributed by atoms with Crippen LogP contribution in [0.4, 0.5) is 11.4 Å². The number of rotatable bonds is 1. The quantitative estimate of drug-likeness (QED) is 0.810. The Hall–Kier alpha value is -1.20. The molecule has 0 saturated carbocycles. The van der Waals surface area contributed by atoms with Gasteiger partial charge in [0.15, 0.2) is 0 Å². The van der Waals surface area contributed by atoms with E-state index in [4.69, 9.17) is 11.6 Å². The fourth-order valence-corrected chi connectivity index (χ4v) is 4.38. The van der Waals surface area contributed by atoms with Crippen molar-refractivity contribution in [3.05, 3.63) is 22.7 Å². The Morgan fingerprint density at radius 3 is 2.55 bits per heavy atom. The predicted molar refractivity (Wildman–Crippen MR) is 83.1 cm³/mol. The molecule has 1 fully saturated rings. The first-order valence-electron chi connectivity index (χ1n) is 6.55. The lowest BCUT2D eigenvalue weighted by atomic mass is 10.1. The van der Waals surface area contributed by atoms with Gasteiger partial charge >= 0.3 is 0 Å². The Balaban J connectivity index is 1.97. The first-order chi connectivity index (χ1) is 9.45. The molecule has 2 unspecified atom stereocenters. The van der Waals surface area contributed by atoms with Crippen molar-refractivity contribution in [3.8, 4) is 0 Å². The van der Waals surface area contributed by atoms with Crippen LogP contribution in [0.15, 0.2) is 12.1 Å². The zero-order valence-corrected chi connectivity index (χ0v) is 12.8. The molecular formula is C14H15ClN2O2S. The smallest absolute Gasteiger partial charge is 0.296 e. The van der Waals surface area contributed by atoms with Crippen molar-refractivity contribution in [1.82, 2.24) is 0 Å². The van der Waals surface area contributed by atoms with E-state index in [0.29, 0.717) is 26.8 Å². The van der Waals surface area contributed by atoms with Gasteiger partial charge in [-0.15, -0.1) is 0 Å². The number of thioether (sulfide) groups is 1. The van der Waals surface area contributed by atoms with Crippen LogP contribution in [-0.2, 0) is 4.79 Å². The van der Waals surface area contributed by atoms with Gasteiger partial charge in [-0.1, -0.05) is 25.4 Å². The number of amides is 1. The number of anilines is 2. The number of carbonyl (C=O) groups excluding carboxylic acids is 2. The number of fused-ring (bicyclic) bond motifs is 1. The maximum Gasteiger partial charge on any atom is 0.296 e. The number of nitrogens with zero attached hydrogens (tertiary/aromatic N) is 1. The van der Waals surface area contributed by atoms with Crippen LogP contribution in [0.2, 0.25) is 5.02 Å². The summed E-state index contributed by atoms with van der Waals surface area (Å²) in [5.41, 5.74) is 1.83. The van der Waals surface area contributed by atoms with Crippen molar-refractivity contribution in [3.63, 3.8) is 0 Å². The molecule has 0 aromatic heterocycles. The highest BCUT2D eigenvalue weighted by molar-refractivity contribution is 8.00. The van der Waals surface area contributed by atoms with Gasteiger partial charge in [-0.2, -0.15) is 11.8 Å². The topological polar surface area (TPSA) is 49.4 Å². The van der Waals surface area contributed by atoms with Crippen molar-refractivity contribution in [1.29, 1.82) is 0 Å². The molecule has 1 aromatic carbocycles. The molecule has 3 rings (SSSR count). The second-order valence-corrected chi connectivity index (χ2v) is 7.58. The standard InChI is InChI=1S/C14H15ClN2O2S/c1-7-5-17(6-8(2)20-7)12-4-11-9(3-10(12)15)13(18)14(19)16-11/h3-4,7-8H,5-6H2,1-2H3,(H,16,18,19). The van der Waals surface area contributed by atoms with Crippen molar-refractivity contribution in [2.75, 3.05) is 23.3 Å². The number of carbonyl (C=O) groups is 2. The molecule has 1 aromatic rings. The minimum absolute atomic E-state index is 0.372. The highest BCUT2D eigenvalue weighted by Crippen LogP contribution is 2.37. The number of nitrogens with one attached hydrogen (secondary N) is 1. The number of Topliss-reactive ketones (excluding diaryl/α,β-unsaturated/α-hetero) is 1. The van der Waals surface area contributed by atoms with E-state index in [1.54, 1.807) is 6.07 Å². The van der Waals surface area contributed by atoms with Crippen LogP contribution < -0.4 is 10.2 Å². The van der Waals surface area contributed by atoms with Crippen LogP contribution in [0, 0.1) is 0 Å². The minimum Gasteiger partial charge on any atom is -0.368 e. The first kappa shape index (κ1) is 13.8. The summed E-state index contributed by atoms with van der Waals surface area (Å²) in [7, 11) is 0. The van der Waals surface area contributed by atoms with E-state index >= 15 is 0 Å². The van der Waals surface area contributed by atoms with E-state index in [0.717, 1.165) is 18.8 Å². The number of ketones is 1. The Morgan fingerprint density at radius 1 is 1.25 bits per heavy atom. The average molecular weight is 311 g/mol. The molecule has 2 aliphatic rings. The van der Waals surface area contributed by atoms with Crippen LogP contribution >= 0.6 is 23.4 Å². The van der Waals surface area contributed by atoms with Crippen LogP contribution in [0.5, 0.6) is 0 Å². The molecule has 4 nitrogen and oxygen atoms in total. The third-order valence-corrected chi connectivity index (χ3v) is 5.08. The summed E-state index contributed by atoms with van der Waals surface area (Å²) < 4.78 is 0. The Labute approximate surface area is 126 Å². The molecule has 2 atom stereocenters. The van der Waals surface area contributed by atoms with Gasteiger partial charge in [0.25, 0.3) is 11.7 Å². The van der Waals surface area contributed by atoms with Crippen molar-refractivity contribution in [2.24, 2.45) is 0 Å². The molecule has 2 aliphatic heterocycles. The van der Waals surface area contributed by atoms with Gasteiger partial charge in [-0.25, -0.2) is 0 Å². The molecule has 0 bridgehead atoms. The van der Waals surface area contributed by atoms with Crippen molar-refractivity contribution < 1.29 is 9.59 Å². The molecule has 1 amide bonds. The zero-order chi connectivity index (χ0) is 14.4. The van der Waals surface area contributed by atoms with Gasteiger partial charge in [0.1, 0.15) is 0 Å². The Bertz CT molecular complexity index is 595. The van der Waals surface area contributed by atoms with Crippen LogP contribution in [-0.4, -0.2) is 35.3 Å². The Kier molecular flexibility index (Phi) is 3.42. The summed E-state index contributed by atoms with van der Waals surface area (Å²) in [5.74, 6) is -1.09. The van der Waals surface area contributed by atoms with E-state index in [-0.39, 0.29) is 0 Å². The predicted octanol–water partition coefficient (Wildman–Crippen LogP) is 2.81. The maximum absolute atomic E-state index is 11.7. The summed E-state index contributed by atoms with van der Waals surface area (Å²) in [6, 6.07) is 3.42. The molecule has 1 saturated heterocycles. The van der Waals surface area contributed by atoms with Crippen LogP contribution in [0.1, 0.15) is 24.2 Å². The summed E-state index contributed by atoms with van der Waals surface area (Å²) in [4.78, 5) is 25.3. The fraction of sp³-hybridized carbons (Fsp3) is 0.429. The van der Waals surface area contributed by atoms with Crippen LogP contribution in [0.25, 0.3) is 0 Å². The largest absolute Gasteiger partial charge is 0.368 e. The van der Waals surface area contributed by atoms with Crippen molar-refractivity contribution in [2.45, 2.75) is 24.3 Å². The third-order valence-electron chi connectivity index (χ3n) is 3.55. The lowest BCUT2D eigenvalue weighted by Gasteiger charge is -2.36. The second kappa shape index (κ2) is 4.97. The van der Waals surface area contributed by atoms with E-state index in [9.17, 15) is 9.59 Å². The number of halogens is 1. The summed E-state index contributed by atoms with van der Waals surface area (Å²) in [6.45, 7) is 6.21. The molecule has 20 heavy (non-hydrogen) atoms. The van der Waals surface area contributed by atoms with Crippen LogP contribution in [0.3, 0.4) is 0 Å². The molecule has 2 heterocycles. The van der Waals surface area contributed by atoms with E-state index in [1.807, 2.05) is 17.8 Å². The third kappa shape index (κ3) is 2.29. The first-order valence-corrected chi connectivity index (χ1v) is 7.87. The van der Waals surface area contributed by atoms with Gasteiger partial charge in [-0.3, -0.25) is 9.59 Å². The molecule has 0 radical (unpaired) electrons. The van der Waals surface area contributed by atoms with Crippen molar-refractivity contribution >= 4 is 46.4 Å². The lowest BCUT2D eigenvalue weighted by molar-refractivity contribution is -0.112. The number of hydrogen-bond donors (Lipinski definition) is 1. The molecule has 6 heteroatoms. The van der Waals surface area contributed by atoms with Gasteiger partial charge in [0, 0.05) is 23.6 Å². The van der Waals surface area contributed by atoms with E-state index < -0.39 is 11.7 Å². The molecule has 1 N–H and O–H groups in total. The summed E-state index contributed by atoms with van der Waals surface area (Å²) in [6.07, 6.45) is 0. The van der Waals surface area contributed by atoms with E-state index in [1.165, 1.54) is 0 Å². The molecule has 0 aliphatic carbocycles. The van der Waals surface area contributed by atoms with Gasteiger partial charge in [0.05, 0.1) is 22.0 Å². The Morgan fingerprint density at radius 2 is 1.90 bits per heavy atom. The molecular weight excluding hydrogens is 296 g/mol. The highest BCUT2D eigenvalue weighted by Gasteiger charge is 2.31. The lowest BCUT2D eigenvalue weighted by Crippen LogP contribution is -2.40.